The summed E-state index contributed by atoms with van der Waals surface area (Å²) >= 11 is 3.42. The van der Waals surface area contributed by atoms with Gasteiger partial charge in [-0.05, 0) is 24.1 Å². The maximum absolute atomic E-state index is 12.3. The van der Waals surface area contributed by atoms with Crippen molar-refractivity contribution in [2.24, 2.45) is 5.92 Å². The van der Waals surface area contributed by atoms with Crippen LogP contribution in [0.25, 0.3) is 0 Å². The summed E-state index contributed by atoms with van der Waals surface area (Å²) in [5.74, 6) is 0.683. The van der Waals surface area contributed by atoms with Crippen LogP contribution in [0.4, 0.5) is 5.69 Å². The quantitative estimate of drug-likeness (QED) is 0.579. The predicted octanol–water partition coefficient (Wildman–Crippen LogP) is 4.82. The molecule has 0 saturated heterocycles. The summed E-state index contributed by atoms with van der Waals surface area (Å²) in [5, 5.41) is 0. The molecule has 0 aliphatic rings. The van der Waals surface area contributed by atoms with Crippen molar-refractivity contribution >= 4 is 27.4 Å². The molecule has 0 spiro atoms. The predicted molar refractivity (Wildman–Crippen MR) is 80.8 cm³/mol. The Morgan fingerprint density at radius 3 is 2.72 bits per heavy atom. The Kier molecular flexibility index (Phi) is 6.41. The van der Waals surface area contributed by atoms with E-state index in [-0.39, 0.29) is 5.78 Å². The van der Waals surface area contributed by atoms with Crippen LogP contribution in [-0.4, -0.2) is 5.78 Å². The lowest BCUT2D eigenvalue weighted by molar-refractivity contribution is 0.0956. The highest BCUT2D eigenvalue weighted by atomic mass is 79.9. The number of anilines is 1. The summed E-state index contributed by atoms with van der Waals surface area (Å²) in [5.41, 5.74) is 7.09. The minimum atomic E-state index is 0.192. The fourth-order valence-electron chi connectivity index (χ4n) is 2.07. The van der Waals surface area contributed by atoms with E-state index >= 15 is 0 Å². The van der Waals surface area contributed by atoms with Gasteiger partial charge in [-0.15, -0.1) is 0 Å². The molecule has 0 radical (unpaired) electrons. The number of carbonyl (C=O) groups excluding carboxylic acids is 1. The van der Waals surface area contributed by atoms with Crippen molar-refractivity contribution in [1.82, 2.24) is 0 Å². The van der Waals surface area contributed by atoms with E-state index < -0.39 is 0 Å². The van der Waals surface area contributed by atoms with E-state index in [1.165, 1.54) is 12.8 Å². The number of benzene rings is 1. The van der Waals surface area contributed by atoms with Crippen molar-refractivity contribution in [2.75, 3.05) is 5.73 Å². The first-order valence-electron chi connectivity index (χ1n) is 6.66. The molecule has 1 aromatic rings. The third-order valence-corrected chi connectivity index (χ3v) is 4.00. The molecule has 0 aromatic heterocycles. The normalized spacial score (nSPS) is 12.4. The molecule has 0 saturated carbocycles. The second-order valence-electron chi connectivity index (χ2n) is 4.78. The number of nitrogen functional groups attached to an aromatic ring is 1. The molecule has 0 aliphatic carbocycles. The molecular formula is C15H22BrNO. The van der Waals surface area contributed by atoms with Crippen LogP contribution in [0.2, 0.25) is 0 Å². The molecule has 1 aromatic carbocycles. The Hall–Kier alpha value is -0.830. The molecule has 0 bridgehead atoms. The Labute approximate surface area is 118 Å². The van der Waals surface area contributed by atoms with Gasteiger partial charge in [0, 0.05) is 22.1 Å². The Balaban J connectivity index is 2.71. The molecule has 3 heteroatoms. The number of hydrogen-bond acceptors (Lipinski definition) is 2. The van der Waals surface area contributed by atoms with Gasteiger partial charge >= 0.3 is 0 Å². The Morgan fingerprint density at radius 1 is 1.39 bits per heavy atom. The third-order valence-electron chi connectivity index (χ3n) is 3.31. The summed E-state index contributed by atoms with van der Waals surface area (Å²) in [6, 6.07) is 5.41. The second kappa shape index (κ2) is 7.57. The van der Waals surface area contributed by atoms with Gasteiger partial charge in [0.05, 0.1) is 0 Å². The van der Waals surface area contributed by atoms with E-state index in [0.29, 0.717) is 23.6 Å². The number of carbonyl (C=O) groups is 1. The van der Waals surface area contributed by atoms with Gasteiger partial charge in [0.2, 0.25) is 0 Å². The van der Waals surface area contributed by atoms with Crippen molar-refractivity contribution in [3.63, 3.8) is 0 Å². The zero-order valence-corrected chi connectivity index (χ0v) is 12.8. The molecule has 0 amide bonds. The van der Waals surface area contributed by atoms with E-state index in [2.05, 4.69) is 29.8 Å². The van der Waals surface area contributed by atoms with Crippen LogP contribution in [0.3, 0.4) is 0 Å². The maximum atomic E-state index is 12.3. The Bertz CT molecular complexity index is 403. The van der Waals surface area contributed by atoms with Gasteiger partial charge < -0.3 is 5.73 Å². The lowest BCUT2D eigenvalue weighted by Crippen LogP contribution is -2.09. The molecular weight excluding hydrogens is 290 g/mol. The zero-order valence-electron chi connectivity index (χ0n) is 11.2. The van der Waals surface area contributed by atoms with Gasteiger partial charge in [-0.1, -0.05) is 55.5 Å². The van der Waals surface area contributed by atoms with Crippen LogP contribution < -0.4 is 5.73 Å². The number of Topliss-reactive ketones (excluding diaryl/α,β-unsaturated/α-hetero) is 1. The summed E-state index contributed by atoms with van der Waals surface area (Å²) in [7, 11) is 0. The number of halogens is 1. The van der Waals surface area contributed by atoms with E-state index in [0.717, 1.165) is 17.3 Å². The van der Waals surface area contributed by atoms with Gasteiger partial charge in [-0.25, -0.2) is 0 Å². The first-order valence-corrected chi connectivity index (χ1v) is 7.46. The summed E-state index contributed by atoms with van der Waals surface area (Å²) in [6.45, 7) is 4.34. The van der Waals surface area contributed by atoms with Gasteiger partial charge in [0.25, 0.3) is 0 Å². The topological polar surface area (TPSA) is 43.1 Å². The number of rotatable bonds is 7. The molecule has 2 N–H and O–H groups in total. The van der Waals surface area contributed by atoms with Crippen LogP contribution in [-0.2, 0) is 0 Å². The SMILES string of the molecule is CCCCC(CC)CC(=O)c1cc(N)ccc1Br. The first-order chi connectivity index (χ1) is 8.58. The summed E-state index contributed by atoms with van der Waals surface area (Å²) < 4.78 is 0.840. The molecule has 1 rings (SSSR count). The lowest BCUT2D eigenvalue weighted by atomic mass is 9.91. The maximum Gasteiger partial charge on any atom is 0.164 e. The van der Waals surface area contributed by atoms with E-state index in [4.69, 9.17) is 5.73 Å². The smallest absolute Gasteiger partial charge is 0.164 e. The molecule has 100 valence electrons. The summed E-state index contributed by atoms with van der Waals surface area (Å²) in [4.78, 5) is 12.3. The van der Waals surface area contributed by atoms with Gasteiger partial charge in [0.15, 0.2) is 5.78 Å². The van der Waals surface area contributed by atoms with Crippen molar-refractivity contribution in [3.8, 4) is 0 Å². The number of unbranched alkanes of at least 4 members (excludes halogenated alkanes) is 1. The van der Waals surface area contributed by atoms with E-state index in [1.54, 1.807) is 12.1 Å². The largest absolute Gasteiger partial charge is 0.399 e. The van der Waals surface area contributed by atoms with Crippen LogP contribution in [0.5, 0.6) is 0 Å². The van der Waals surface area contributed by atoms with Gasteiger partial charge in [0.1, 0.15) is 0 Å². The van der Waals surface area contributed by atoms with Crippen LogP contribution >= 0.6 is 15.9 Å². The molecule has 0 fully saturated rings. The molecule has 1 unspecified atom stereocenters. The molecule has 0 aliphatic heterocycles. The van der Waals surface area contributed by atoms with Crippen LogP contribution in [0.1, 0.15) is 56.3 Å². The lowest BCUT2D eigenvalue weighted by Gasteiger charge is -2.14. The van der Waals surface area contributed by atoms with Crippen molar-refractivity contribution in [2.45, 2.75) is 46.0 Å². The van der Waals surface area contributed by atoms with E-state index in [9.17, 15) is 4.79 Å². The minimum Gasteiger partial charge on any atom is -0.399 e. The standard InChI is InChI=1S/C15H22BrNO/c1-3-5-6-11(4-2)9-15(18)13-10-12(17)7-8-14(13)16/h7-8,10-11H,3-6,9,17H2,1-2H3. The van der Waals surface area contributed by atoms with Crippen LogP contribution in [0, 0.1) is 5.92 Å². The minimum absolute atomic E-state index is 0.192. The molecule has 2 nitrogen and oxygen atoms in total. The number of nitrogens with two attached hydrogens (primary N) is 1. The highest BCUT2D eigenvalue weighted by Gasteiger charge is 2.15. The van der Waals surface area contributed by atoms with Crippen LogP contribution in [0.15, 0.2) is 22.7 Å². The van der Waals surface area contributed by atoms with Crippen molar-refractivity contribution in [1.29, 1.82) is 0 Å². The van der Waals surface area contributed by atoms with Gasteiger partial charge in [-0.3, -0.25) is 4.79 Å². The Morgan fingerprint density at radius 2 is 2.11 bits per heavy atom. The fourth-order valence-corrected chi connectivity index (χ4v) is 2.54. The first kappa shape index (κ1) is 15.2. The monoisotopic (exact) mass is 311 g/mol. The summed E-state index contributed by atoms with van der Waals surface area (Å²) in [6.07, 6.45) is 5.21. The number of ketones is 1. The van der Waals surface area contributed by atoms with Gasteiger partial charge in [-0.2, -0.15) is 0 Å². The highest BCUT2D eigenvalue weighted by Crippen LogP contribution is 2.25. The average molecular weight is 312 g/mol. The average Bonchev–Trinajstić information content (AvgIpc) is 2.37. The highest BCUT2D eigenvalue weighted by molar-refractivity contribution is 9.10. The van der Waals surface area contributed by atoms with Crippen molar-refractivity contribution in [3.05, 3.63) is 28.2 Å². The van der Waals surface area contributed by atoms with E-state index in [1.807, 2.05) is 6.07 Å². The fraction of sp³-hybridized carbons (Fsp3) is 0.533. The second-order valence-corrected chi connectivity index (χ2v) is 5.64. The third kappa shape index (κ3) is 4.45. The number of hydrogen-bond donors (Lipinski definition) is 1. The van der Waals surface area contributed by atoms with Crippen molar-refractivity contribution < 1.29 is 4.79 Å². The molecule has 18 heavy (non-hydrogen) atoms. The zero-order chi connectivity index (χ0) is 13.5. The molecule has 0 heterocycles. The molecule has 1 atom stereocenters.